The summed E-state index contributed by atoms with van der Waals surface area (Å²) in [6, 6.07) is 15.0. The lowest BCUT2D eigenvalue weighted by Crippen LogP contribution is -2.16. The van der Waals surface area contributed by atoms with E-state index in [1.165, 1.54) is 0 Å². The molecule has 0 saturated heterocycles. The molecule has 2 aliphatic carbocycles. The molecule has 1 atom stereocenters. The topological polar surface area (TPSA) is 52.6 Å². The third kappa shape index (κ3) is 11.0. The average molecular weight is 582 g/mol. The number of carbonyl (C=O) groups is 2. The molecule has 4 nitrogen and oxygen atoms in total. The molecule has 2 aromatic rings. The van der Waals surface area contributed by atoms with Gasteiger partial charge in [-0.1, -0.05) is 51.3 Å². The highest BCUT2D eigenvalue weighted by Gasteiger charge is 2.24. The molecule has 0 aromatic heterocycles. The Labute approximate surface area is 226 Å². The number of allylic oxidation sites excluding steroid dienone is 4. The lowest BCUT2D eigenvalue weighted by molar-refractivity contribution is -0.117. The summed E-state index contributed by atoms with van der Waals surface area (Å²) >= 11 is 14.7. The van der Waals surface area contributed by atoms with Crippen LogP contribution in [0.5, 0.6) is 0 Å². The van der Waals surface area contributed by atoms with Gasteiger partial charge < -0.3 is 9.47 Å². The Morgan fingerprint density at radius 3 is 1.83 bits per heavy atom. The molecule has 4 rings (SSSR count). The lowest BCUT2D eigenvalue weighted by atomic mass is 9.86. The Kier molecular flexibility index (Phi) is 13.2. The molecule has 1 unspecified atom stereocenters. The van der Waals surface area contributed by atoms with E-state index in [-0.39, 0.29) is 17.5 Å². The van der Waals surface area contributed by atoms with Crippen molar-refractivity contribution in [2.45, 2.75) is 51.9 Å². The maximum Gasteiger partial charge on any atom is 0.166 e. The van der Waals surface area contributed by atoms with E-state index in [2.05, 4.69) is 15.9 Å². The number of hydrogen-bond donors (Lipinski definition) is 0. The zero-order valence-corrected chi connectivity index (χ0v) is 23.2. The summed E-state index contributed by atoms with van der Waals surface area (Å²) in [5, 5.41) is 1.47. The van der Waals surface area contributed by atoms with Crippen molar-refractivity contribution in [2.24, 2.45) is 0 Å². The predicted octanol–water partition coefficient (Wildman–Crippen LogP) is 8.47. The number of halogens is 3. The van der Waals surface area contributed by atoms with Crippen LogP contribution in [0.1, 0.15) is 57.4 Å². The van der Waals surface area contributed by atoms with Gasteiger partial charge in [0.2, 0.25) is 0 Å². The van der Waals surface area contributed by atoms with E-state index in [4.69, 9.17) is 32.7 Å². The predicted molar refractivity (Wildman–Crippen MR) is 146 cm³/mol. The molecule has 0 heterocycles. The number of carbonyl (C=O) groups excluding carboxylic acids is 2. The molecule has 0 aliphatic heterocycles. The average Bonchev–Trinajstić information content (AvgIpc) is 2.83. The molecule has 7 heteroatoms. The van der Waals surface area contributed by atoms with Crippen LogP contribution in [0.15, 0.2) is 76.7 Å². The molecular formula is C28H31BrCl2O4. The zero-order valence-electron chi connectivity index (χ0n) is 20.1. The van der Waals surface area contributed by atoms with E-state index in [0.29, 0.717) is 24.7 Å². The van der Waals surface area contributed by atoms with Crippen molar-refractivity contribution in [2.75, 3.05) is 13.2 Å². The van der Waals surface area contributed by atoms with E-state index < -0.39 is 0 Å². The molecular weight excluding hydrogens is 551 g/mol. The maximum atomic E-state index is 12.0. The summed E-state index contributed by atoms with van der Waals surface area (Å²) in [5.41, 5.74) is 1.03. The van der Waals surface area contributed by atoms with Crippen LogP contribution in [0.2, 0.25) is 10.0 Å². The zero-order chi connectivity index (χ0) is 25.6. The highest BCUT2D eigenvalue weighted by molar-refractivity contribution is 9.10. The van der Waals surface area contributed by atoms with Gasteiger partial charge in [0.1, 0.15) is 0 Å². The van der Waals surface area contributed by atoms with E-state index >= 15 is 0 Å². The Bertz CT molecular complexity index is 993. The van der Waals surface area contributed by atoms with Crippen molar-refractivity contribution in [3.63, 3.8) is 0 Å². The van der Waals surface area contributed by atoms with Crippen LogP contribution < -0.4 is 0 Å². The van der Waals surface area contributed by atoms with Gasteiger partial charge in [-0.2, -0.15) is 0 Å². The van der Waals surface area contributed by atoms with Crippen molar-refractivity contribution in [1.82, 2.24) is 0 Å². The highest BCUT2D eigenvalue weighted by atomic mass is 79.9. The van der Waals surface area contributed by atoms with Gasteiger partial charge in [-0.25, -0.2) is 0 Å². The van der Waals surface area contributed by atoms with Gasteiger partial charge in [0, 0.05) is 51.9 Å². The van der Waals surface area contributed by atoms with Gasteiger partial charge in [0.15, 0.2) is 11.6 Å². The van der Waals surface area contributed by atoms with E-state index in [1.807, 2.05) is 62.4 Å². The Balaban J connectivity index is 0.000000204. The molecule has 2 aliphatic rings. The second-order valence-electron chi connectivity index (χ2n) is 7.89. The van der Waals surface area contributed by atoms with Crippen molar-refractivity contribution >= 4 is 50.7 Å². The molecule has 0 bridgehead atoms. The fourth-order valence-corrected chi connectivity index (χ4v) is 4.09. The van der Waals surface area contributed by atoms with Crippen LogP contribution >= 0.6 is 39.1 Å². The van der Waals surface area contributed by atoms with E-state index in [9.17, 15) is 9.59 Å². The first kappa shape index (κ1) is 29.2. The molecule has 0 saturated carbocycles. The second kappa shape index (κ2) is 15.8. The molecule has 0 N–H and O–H groups in total. The molecule has 188 valence electrons. The molecule has 2 aromatic carbocycles. The summed E-state index contributed by atoms with van der Waals surface area (Å²) in [4.78, 5) is 22.8. The number of ether oxygens (including phenoxy) is 2. The highest BCUT2D eigenvalue weighted by Crippen LogP contribution is 2.30. The summed E-state index contributed by atoms with van der Waals surface area (Å²) in [7, 11) is 0. The summed E-state index contributed by atoms with van der Waals surface area (Å²) in [5.74, 6) is 1.95. The molecule has 35 heavy (non-hydrogen) atoms. The Morgan fingerprint density at radius 2 is 1.34 bits per heavy atom. The standard InChI is InChI=1S/C14H15ClO2.C8H12O2.C6H4BrCl/c1-2-17-12-7-8-13(14(16)9-12)10-3-5-11(15)6-4-10;1-2-10-8-5-3-4-7(9)6-8;7-5-1-3-6(8)4-2-5/h3-6,9,13H,2,7-8H2,1H3;6H,2-5H2,1H3;1-4H. The largest absolute Gasteiger partial charge is 0.498 e. The van der Waals surface area contributed by atoms with Crippen molar-refractivity contribution < 1.29 is 19.1 Å². The first-order valence-corrected chi connectivity index (χ1v) is 13.3. The van der Waals surface area contributed by atoms with E-state index in [1.54, 1.807) is 12.2 Å². The third-order valence-electron chi connectivity index (χ3n) is 5.23. The fraction of sp³-hybridized carbons (Fsp3) is 0.357. The molecule has 0 spiro atoms. The number of rotatable bonds is 5. The first-order chi connectivity index (χ1) is 16.8. The van der Waals surface area contributed by atoms with Crippen LogP contribution in [0.25, 0.3) is 0 Å². The van der Waals surface area contributed by atoms with Crippen molar-refractivity contribution in [1.29, 1.82) is 0 Å². The van der Waals surface area contributed by atoms with Gasteiger partial charge in [-0.05, 0) is 68.7 Å². The first-order valence-electron chi connectivity index (χ1n) is 11.7. The minimum atomic E-state index is -0.0449. The summed E-state index contributed by atoms with van der Waals surface area (Å²) in [6.45, 7) is 5.14. The van der Waals surface area contributed by atoms with Gasteiger partial charge in [0.25, 0.3) is 0 Å². The second-order valence-corrected chi connectivity index (χ2v) is 9.68. The van der Waals surface area contributed by atoms with Crippen LogP contribution in [0.3, 0.4) is 0 Å². The normalized spacial score (nSPS) is 17.1. The molecule has 0 radical (unpaired) electrons. The smallest absolute Gasteiger partial charge is 0.166 e. The van der Waals surface area contributed by atoms with Gasteiger partial charge in [-0.15, -0.1) is 0 Å². The van der Waals surface area contributed by atoms with Crippen LogP contribution in [-0.4, -0.2) is 24.8 Å². The van der Waals surface area contributed by atoms with E-state index in [0.717, 1.165) is 52.3 Å². The summed E-state index contributed by atoms with van der Waals surface area (Å²) < 4.78 is 11.6. The lowest BCUT2D eigenvalue weighted by Gasteiger charge is -2.21. The molecule has 0 amide bonds. The fourth-order valence-electron chi connectivity index (χ4n) is 3.58. The maximum absolute atomic E-state index is 12.0. The van der Waals surface area contributed by atoms with Crippen molar-refractivity contribution in [3.8, 4) is 0 Å². The minimum Gasteiger partial charge on any atom is -0.498 e. The number of ketones is 2. The number of benzene rings is 2. The SMILES string of the molecule is CCOC1=CC(=O)C(c2ccc(Cl)cc2)CC1.CCOC1=CC(=O)CCC1.Clc1ccc(Br)cc1. The van der Waals surface area contributed by atoms with Crippen LogP contribution in [0, 0.1) is 0 Å². The molecule has 0 fully saturated rings. The van der Waals surface area contributed by atoms with Gasteiger partial charge >= 0.3 is 0 Å². The minimum absolute atomic E-state index is 0.0449. The van der Waals surface area contributed by atoms with Gasteiger partial charge in [0.05, 0.1) is 24.7 Å². The third-order valence-corrected chi connectivity index (χ3v) is 6.26. The Morgan fingerprint density at radius 1 is 0.800 bits per heavy atom. The van der Waals surface area contributed by atoms with Gasteiger partial charge in [-0.3, -0.25) is 9.59 Å². The quantitative estimate of drug-likeness (QED) is 0.355. The number of hydrogen-bond acceptors (Lipinski definition) is 4. The van der Waals surface area contributed by atoms with Crippen LogP contribution in [-0.2, 0) is 19.1 Å². The Hall–Kier alpha value is -2.08. The van der Waals surface area contributed by atoms with Crippen LogP contribution in [0.4, 0.5) is 0 Å². The summed E-state index contributed by atoms with van der Waals surface area (Å²) in [6.07, 6.45) is 7.46. The monoisotopic (exact) mass is 580 g/mol. The van der Waals surface area contributed by atoms with Crippen molar-refractivity contribution in [3.05, 3.63) is 92.3 Å².